The van der Waals surface area contributed by atoms with Crippen molar-refractivity contribution in [1.29, 1.82) is 0 Å². The number of carbonyl (C=O) groups is 2. The lowest BCUT2D eigenvalue weighted by molar-refractivity contribution is -0.123. The van der Waals surface area contributed by atoms with E-state index in [0.29, 0.717) is 29.7 Å². The van der Waals surface area contributed by atoms with E-state index in [1.54, 1.807) is 12.4 Å². The summed E-state index contributed by atoms with van der Waals surface area (Å²) in [4.78, 5) is 33.0. The highest BCUT2D eigenvalue weighted by atomic mass is 79.9. The molecule has 3 heterocycles. The number of halogens is 1. The second kappa shape index (κ2) is 7.83. The molecule has 0 radical (unpaired) electrons. The highest BCUT2D eigenvalue weighted by molar-refractivity contribution is 9.10. The van der Waals surface area contributed by atoms with Gasteiger partial charge in [-0.15, -0.1) is 0 Å². The minimum absolute atomic E-state index is 0.115. The number of fused-ring (bicyclic) bond motifs is 1. The summed E-state index contributed by atoms with van der Waals surface area (Å²) in [6.45, 7) is 8.27. The molecular formula is C19H26BrN5O4. The SMILES string of the molecule is CC(O)C(=O)Nc1c[nH]c2ncc(Br)c(N3CCC(NC(=O)O)C3C(C)(C)C)c12. The molecule has 0 bridgehead atoms. The molecular weight excluding hydrogens is 442 g/mol. The van der Waals surface area contributed by atoms with E-state index in [1.807, 2.05) is 0 Å². The molecule has 29 heavy (non-hydrogen) atoms. The monoisotopic (exact) mass is 467 g/mol. The number of aliphatic hydroxyl groups excluding tert-OH is 1. The molecule has 2 aromatic heterocycles. The first-order valence-electron chi connectivity index (χ1n) is 9.41. The fourth-order valence-corrected chi connectivity index (χ4v) is 4.62. The number of aromatic nitrogens is 2. The third-order valence-electron chi connectivity index (χ3n) is 5.15. The molecule has 0 saturated carbocycles. The molecule has 9 nitrogen and oxygen atoms in total. The second-order valence-corrected chi connectivity index (χ2v) is 9.25. The van der Waals surface area contributed by atoms with Crippen LogP contribution in [0.2, 0.25) is 0 Å². The maximum absolute atomic E-state index is 12.1. The van der Waals surface area contributed by atoms with Gasteiger partial charge in [-0.2, -0.15) is 0 Å². The zero-order valence-electron chi connectivity index (χ0n) is 16.8. The third kappa shape index (κ3) is 4.18. The van der Waals surface area contributed by atoms with Gasteiger partial charge in [0.15, 0.2) is 0 Å². The van der Waals surface area contributed by atoms with Crippen molar-refractivity contribution in [3.8, 4) is 0 Å². The number of aliphatic hydroxyl groups is 1. The number of carbonyl (C=O) groups excluding carboxylic acids is 1. The Morgan fingerprint density at radius 3 is 2.69 bits per heavy atom. The minimum Gasteiger partial charge on any atom is -0.465 e. The molecule has 3 atom stereocenters. The summed E-state index contributed by atoms with van der Waals surface area (Å²) in [5.41, 5.74) is 1.70. The molecule has 0 aromatic carbocycles. The van der Waals surface area contributed by atoms with E-state index < -0.39 is 18.1 Å². The summed E-state index contributed by atoms with van der Waals surface area (Å²) in [7, 11) is 0. The van der Waals surface area contributed by atoms with Gasteiger partial charge in [-0.25, -0.2) is 9.78 Å². The molecule has 10 heteroatoms. The van der Waals surface area contributed by atoms with Gasteiger partial charge in [0.25, 0.3) is 5.91 Å². The molecule has 1 fully saturated rings. The van der Waals surface area contributed by atoms with E-state index in [2.05, 4.69) is 62.2 Å². The van der Waals surface area contributed by atoms with Crippen molar-refractivity contribution < 1.29 is 19.8 Å². The topological polar surface area (TPSA) is 131 Å². The van der Waals surface area contributed by atoms with Crippen LogP contribution in [0.25, 0.3) is 11.0 Å². The van der Waals surface area contributed by atoms with E-state index in [9.17, 15) is 19.8 Å². The van der Waals surface area contributed by atoms with Crippen LogP contribution in [0.1, 0.15) is 34.1 Å². The Morgan fingerprint density at radius 1 is 1.41 bits per heavy atom. The van der Waals surface area contributed by atoms with Crippen LogP contribution in [-0.4, -0.2) is 56.9 Å². The molecule has 3 rings (SSSR count). The minimum atomic E-state index is -1.15. The van der Waals surface area contributed by atoms with E-state index >= 15 is 0 Å². The molecule has 2 aromatic rings. The standard InChI is InChI=1S/C19H26BrN5O4/c1-9(26)17(27)23-12-8-22-16-13(12)14(10(20)7-21-16)25-6-5-11(24-18(28)29)15(25)19(2,3)4/h7-9,11,15,24,26H,5-6H2,1-4H3,(H,21,22)(H,23,27)(H,28,29). The average Bonchev–Trinajstić information content (AvgIpc) is 3.18. The lowest BCUT2D eigenvalue weighted by atomic mass is 9.82. The maximum atomic E-state index is 12.1. The van der Waals surface area contributed by atoms with Crippen molar-refractivity contribution in [2.45, 2.75) is 52.3 Å². The molecule has 2 amide bonds. The van der Waals surface area contributed by atoms with Crippen molar-refractivity contribution in [1.82, 2.24) is 15.3 Å². The van der Waals surface area contributed by atoms with Crippen molar-refractivity contribution in [3.05, 3.63) is 16.9 Å². The summed E-state index contributed by atoms with van der Waals surface area (Å²) in [5.74, 6) is -0.518. The third-order valence-corrected chi connectivity index (χ3v) is 5.73. The average molecular weight is 468 g/mol. The lowest BCUT2D eigenvalue weighted by Crippen LogP contribution is -2.51. The van der Waals surface area contributed by atoms with Crippen molar-refractivity contribution >= 4 is 50.3 Å². The van der Waals surface area contributed by atoms with Crippen molar-refractivity contribution in [2.24, 2.45) is 5.41 Å². The Bertz CT molecular complexity index is 937. The number of carboxylic acid groups (broad SMARTS) is 1. The molecule has 0 aliphatic carbocycles. The summed E-state index contributed by atoms with van der Waals surface area (Å²) >= 11 is 3.59. The number of hydrogen-bond donors (Lipinski definition) is 5. The van der Waals surface area contributed by atoms with Crippen LogP contribution >= 0.6 is 15.9 Å². The molecule has 0 spiro atoms. The summed E-state index contributed by atoms with van der Waals surface area (Å²) in [6, 6.07) is -0.354. The summed E-state index contributed by atoms with van der Waals surface area (Å²) < 4.78 is 0.738. The van der Waals surface area contributed by atoms with Crippen LogP contribution in [0.4, 0.5) is 16.2 Å². The predicted molar refractivity (Wildman–Crippen MR) is 114 cm³/mol. The first kappa shape index (κ1) is 21.4. The Morgan fingerprint density at radius 2 is 2.10 bits per heavy atom. The van der Waals surface area contributed by atoms with Crippen molar-refractivity contribution in [3.63, 3.8) is 0 Å². The van der Waals surface area contributed by atoms with Crippen LogP contribution in [0.15, 0.2) is 16.9 Å². The number of pyridine rings is 1. The van der Waals surface area contributed by atoms with E-state index in [4.69, 9.17) is 0 Å². The van der Waals surface area contributed by atoms with E-state index in [1.165, 1.54) is 6.92 Å². The van der Waals surface area contributed by atoms with Crippen LogP contribution < -0.4 is 15.5 Å². The lowest BCUT2D eigenvalue weighted by Gasteiger charge is -2.40. The second-order valence-electron chi connectivity index (χ2n) is 8.39. The first-order chi connectivity index (χ1) is 13.5. The first-order valence-corrected chi connectivity index (χ1v) is 10.2. The van der Waals surface area contributed by atoms with Gasteiger partial charge < -0.3 is 30.7 Å². The number of aromatic amines is 1. The zero-order chi connectivity index (χ0) is 21.5. The van der Waals surface area contributed by atoms with Gasteiger partial charge in [0.1, 0.15) is 11.8 Å². The van der Waals surface area contributed by atoms with Gasteiger partial charge in [-0.05, 0) is 34.7 Å². The highest BCUT2D eigenvalue weighted by Gasteiger charge is 2.44. The molecule has 5 N–H and O–H groups in total. The predicted octanol–water partition coefficient (Wildman–Crippen LogP) is 2.91. The molecule has 1 aliphatic heterocycles. The normalized spacial score (nSPS) is 20.7. The van der Waals surface area contributed by atoms with Crippen molar-refractivity contribution in [2.75, 3.05) is 16.8 Å². The Balaban J connectivity index is 2.12. The van der Waals surface area contributed by atoms with Gasteiger partial charge in [-0.3, -0.25) is 4.79 Å². The number of nitrogens with one attached hydrogen (secondary N) is 3. The van der Waals surface area contributed by atoms with Gasteiger partial charge >= 0.3 is 6.09 Å². The smallest absolute Gasteiger partial charge is 0.404 e. The number of amides is 2. The Hall–Kier alpha value is -2.33. The zero-order valence-corrected chi connectivity index (χ0v) is 18.4. The van der Waals surface area contributed by atoms with Crippen LogP contribution in [0.5, 0.6) is 0 Å². The fraction of sp³-hybridized carbons (Fsp3) is 0.526. The van der Waals surface area contributed by atoms with Crippen LogP contribution in [0, 0.1) is 5.41 Å². The van der Waals surface area contributed by atoms with Gasteiger partial charge in [0.05, 0.1) is 33.3 Å². The largest absolute Gasteiger partial charge is 0.465 e. The maximum Gasteiger partial charge on any atom is 0.404 e. The molecule has 158 valence electrons. The highest BCUT2D eigenvalue weighted by Crippen LogP contribution is 2.44. The van der Waals surface area contributed by atoms with Gasteiger partial charge in [0, 0.05) is 18.9 Å². The van der Waals surface area contributed by atoms with E-state index in [0.717, 1.165) is 10.2 Å². The number of rotatable bonds is 4. The van der Waals surface area contributed by atoms with E-state index in [-0.39, 0.29) is 17.5 Å². The Kier molecular flexibility index (Phi) is 5.77. The number of H-pyrrole nitrogens is 1. The quantitative estimate of drug-likeness (QED) is 0.469. The fourth-order valence-electron chi connectivity index (χ4n) is 4.10. The van der Waals surface area contributed by atoms with Gasteiger partial charge in [-0.1, -0.05) is 20.8 Å². The summed E-state index contributed by atoms with van der Waals surface area (Å²) in [6.07, 6.45) is 1.79. The van der Waals surface area contributed by atoms with Crippen LogP contribution in [-0.2, 0) is 4.79 Å². The molecule has 1 aliphatic rings. The molecule has 1 saturated heterocycles. The Labute approximate surface area is 177 Å². The number of nitrogens with zero attached hydrogens (tertiary/aromatic N) is 2. The van der Waals surface area contributed by atoms with Crippen LogP contribution in [0.3, 0.4) is 0 Å². The number of anilines is 2. The number of hydrogen-bond acceptors (Lipinski definition) is 5. The van der Waals surface area contributed by atoms with Gasteiger partial charge in [0.2, 0.25) is 0 Å². The summed E-state index contributed by atoms with van der Waals surface area (Å²) in [5, 5.41) is 24.9. The molecule has 3 unspecified atom stereocenters.